The van der Waals surface area contributed by atoms with Gasteiger partial charge in [-0.1, -0.05) is 6.07 Å². The molecule has 0 spiro atoms. The molecule has 1 amide bonds. The second-order valence-electron chi connectivity index (χ2n) is 5.23. The first-order valence-electron chi connectivity index (χ1n) is 7.92. The van der Waals surface area contributed by atoms with Crippen molar-refractivity contribution in [3.05, 3.63) is 54.1 Å². The van der Waals surface area contributed by atoms with E-state index < -0.39 is 5.97 Å². The lowest BCUT2D eigenvalue weighted by Gasteiger charge is -2.13. The molecule has 132 valence electrons. The first-order chi connectivity index (χ1) is 12.0. The molecule has 5 nitrogen and oxygen atoms in total. The van der Waals surface area contributed by atoms with Crippen LogP contribution < -0.4 is 10.1 Å². The molecule has 2 aromatic rings. The Labute approximate surface area is 151 Å². The molecule has 0 aliphatic carbocycles. The van der Waals surface area contributed by atoms with Gasteiger partial charge in [-0.3, -0.25) is 4.79 Å². The lowest BCUT2D eigenvalue weighted by atomic mass is 10.2. The van der Waals surface area contributed by atoms with Crippen LogP contribution in [0, 0.1) is 0 Å². The average molecular weight is 359 g/mol. The molecule has 0 bridgehead atoms. The van der Waals surface area contributed by atoms with E-state index in [4.69, 9.17) is 9.47 Å². The lowest BCUT2D eigenvalue weighted by Crippen LogP contribution is -2.22. The first kappa shape index (κ1) is 18.9. The number of methoxy groups -OCH3 is 1. The summed E-state index contributed by atoms with van der Waals surface area (Å²) in [6, 6.07) is 14.3. The molecule has 0 saturated heterocycles. The molecule has 0 aliphatic heterocycles. The van der Waals surface area contributed by atoms with Gasteiger partial charge in [-0.25, -0.2) is 4.79 Å². The second kappa shape index (κ2) is 9.13. The molecular formula is C19H21NO4S. The summed E-state index contributed by atoms with van der Waals surface area (Å²) in [5.74, 6) is 0.235. The van der Waals surface area contributed by atoms with E-state index in [1.54, 1.807) is 38.3 Å². The monoisotopic (exact) mass is 359 g/mol. The van der Waals surface area contributed by atoms with Gasteiger partial charge in [0.1, 0.15) is 5.75 Å². The summed E-state index contributed by atoms with van der Waals surface area (Å²) in [5.41, 5.74) is 0.979. The molecule has 0 fully saturated rings. The van der Waals surface area contributed by atoms with Crippen LogP contribution in [0.5, 0.6) is 5.75 Å². The van der Waals surface area contributed by atoms with Crippen molar-refractivity contribution in [1.82, 2.24) is 0 Å². The van der Waals surface area contributed by atoms with Crippen LogP contribution in [0.25, 0.3) is 0 Å². The molecule has 1 atom stereocenters. The Kier molecular flexibility index (Phi) is 6.89. The van der Waals surface area contributed by atoms with Crippen molar-refractivity contribution in [2.75, 3.05) is 19.0 Å². The number of rotatable bonds is 7. The van der Waals surface area contributed by atoms with Crippen LogP contribution in [0.15, 0.2) is 53.4 Å². The highest BCUT2D eigenvalue weighted by Gasteiger charge is 2.15. The number of hydrogen-bond donors (Lipinski definition) is 1. The van der Waals surface area contributed by atoms with Crippen LogP contribution in [-0.4, -0.2) is 30.8 Å². The molecule has 2 rings (SSSR count). The Bertz CT molecular complexity index is 730. The van der Waals surface area contributed by atoms with Crippen LogP contribution in [0.2, 0.25) is 0 Å². The molecule has 6 heteroatoms. The highest BCUT2D eigenvalue weighted by Crippen LogP contribution is 2.26. The van der Waals surface area contributed by atoms with E-state index >= 15 is 0 Å². The van der Waals surface area contributed by atoms with Gasteiger partial charge in [0.25, 0.3) is 0 Å². The topological polar surface area (TPSA) is 64.6 Å². The Morgan fingerprint density at radius 3 is 2.52 bits per heavy atom. The summed E-state index contributed by atoms with van der Waals surface area (Å²) < 4.78 is 10.1. The van der Waals surface area contributed by atoms with Crippen molar-refractivity contribution in [2.24, 2.45) is 0 Å². The molecule has 2 aromatic carbocycles. The summed E-state index contributed by atoms with van der Waals surface area (Å²) in [4.78, 5) is 25.1. The summed E-state index contributed by atoms with van der Waals surface area (Å²) in [5, 5.41) is 2.54. The van der Waals surface area contributed by atoms with Gasteiger partial charge in [0.15, 0.2) is 0 Å². The number of carbonyl (C=O) groups excluding carboxylic acids is 2. The van der Waals surface area contributed by atoms with E-state index in [1.165, 1.54) is 11.8 Å². The van der Waals surface area contributed by atoms with E-state index in [2.05, 4.69) is 5.32 Å². The van der Waals surface area contributed by atoms with Crippen molar-refractivity contribution in [1.29, 1.82) is 0 Å². The molecule has 0 aromatic heterocycles. The van der Waals surface area contributed by atoms with Crippen LogP contribution in [0.1, 0.15) is 24.2 Å². The van der Waals surface area contributed by atoms with E-state index in [1.807, 2.05) is 31.2 Å². The third-order valence-corrected chi connectivity index (χ3v) is 4.49. The number of thioether (sulfide) groups is 1. The lowest BCUT2D eigenvalue weighted by molar-refractivity contribution is -0.115. The van der Waals surface area contributed by atoms with Crippen molar-refractivity contribution in [2.45, 2.75) is 24.0 Å². The minimum atomic E-state index is -0.403. The minimum absolute atomic E-state index is 0.137. The van der Waals surface area contributed by atoms with Crippen LogP contribution in [-0.2, 0) is 9.53 Å². The Morgan fingerprint density at radius 2 is 1.88 bits per heavy atom. The molecule has 25 heavy (non-hydrogen) atoms. The maximum absolute atomic E-state index is 12.4. The number of nitrogens with one attached hydrogen (secondary N) is 1. The van der Waals surface area contributed by atoms with Crippen LogP contribution >= 0.6 is 11.8 Å². The zero-order valence-electron chi connectivity index (χ0n) is 14.4. The highest BCUT2D eigenvalue weighted by atomic mass is 32.2. The van der Waals surface area contributed by atoms with E-state index in [9.17, 15) is 9.59 Å². The molecule has 0 unspecified atom stereocenters. The predicted octanol–water partition coefficient (Wildman–Crippen LogP) is 3.99. The Balaban J connectivity index is 1.98. The zero-order chi connectivity index (χ0) is 18.2. The van der Waals surface area contributed by atoms with Crippen molar-refractivity contribution >= 4 is 29.3 Å². The number of carbonyl (C=O) groups is 2. The van der Waals surface area contributed by atoms with Crippen LogP contribution in [0.3, 0.4) is 0 Å². The van der Waals surface area contributed by atoms with E-state index in [-0.39, 0.29) is 11.2 Å². The van der Waals surface area contributed by atoms with E-state index in [0.29, 0.717) is 17.9 Å². The third-order valence-electron chi connectivity index (χ3n) is 3.38. The van der Waals surface area contributed by atoms with Gasteiger partial charge in [0.2, 0.25) is 5.91 Å². The normalized spacial score (nSPS) is 11.5. The van der Waals surface area contributed by atoms with Crippen molar-refractivity contribution in [3.8, 4) is 5.75 Å². The molecule has 0 saturated carbocycles. The number of benzene rings is 2. The van der Waals surface area contributed by atoms with Gasteiger partial charge in [-0.05, 0) is 56.3 Å². The van der Waals surface area contributed by atoms with Crippen molar-refractivity contribution in [3.63, 3.8) is 0 Å². The Morgan fingerprint density at radius 1 is 1.16 bits per heavy atom. The maximum atomic E-state index is 12.4. The third kappa shape index (κ3) is 5.53. The van der Waals surface area contributed by atoms with E-state index in [0.717, 1.165) is 10.6 Å². The zero-order valence-corrected chi connectivity index (χ0v) is 15.3. The highest BCUT2D eigenvalue weighted by molar-refractivity contribution is 8.00. The summed E-state index contributed by atoms with van der Waals surface area (Å²) in [6.45, 7) is 3.89. The minimum Gasteiger partial charge on any atom is -0.497 e. The number of hydrogen-bond acceptors (Lipinski definition) is 5. The van der Waals surface area contributed by atoms with Gasteiger partial charge in [-0.2, -0.15) is 0 Å². The van der Waals surface area contributed by atoms with Gasteiger partial charge in [0.05, 0.1) is 24.5 Å². The molecule has 0 aliphatic rings. The number of esters is 1. The van der Waals surface area contributed by atoms with Crippen LogP contribution in [0.4, 0.5) is 5.69 Å². The molecule has 0 radical (unpaired) electrons. The summed E-state index contributed by atoms with van der Waals surface area (Å²) in [6.07, 6.45) is 0. The quantitative estimate of drug-likeness (QED) is 0.598. The fourth-order valence-corrected chi connectivity index (χ4v) is 2.96. The molecule has 1 N–H and O–H groups in total. The fourth-order valence-electron chi connectivity index (χ4n) is 2.09. The Hall–Kier alpha value is -2.47. The fraction of sp³-hybridized carbons (Fsp3) is 0.263. The van der Waals surface area contributed by atoms with Gasteiger partial charge < -0.3 is 14.8 Å². The largest absolute Gasteiger partial charge is 0.497 e. The number of ether oxygens (including phenoxy) is 2. The smallest absolute Gasteiger partial charge is 0.338 e. The first-order valence-corrected chi connectivity index (χ1v) is 8.80. The second-order valence-corrected chi connectivity index (χ2v) is 6.64. The maximum Gasteiger partial charge on any atom is 0.338 e. The summed E-state index contributed by atoms with van der Waals surface area (Å²) >= 11 is 1.45. The number of amides is 1. The average Bonchev–Trinajstić information content (AvgIpc) is 2.62. The molecule has 0 heterocycles. The standard InChI is InChI=1S/C19H21NO4S/c1-4-24-19(22)14-6-5-7-15(12-14)20-18(21)13(2)25-17-10-8-16(23-3)9-11-17/h5-13H,4H2,1-3H3,(H,20,21)/t13-/m0/s1. The van der Waals surface area contributed by atoms with Crippen molar-refractivity contribution < 1.29 is 19.1 Å². The number of anilines is 1. The molecular weight excluding hydrogens is 338 g/mol. The summed E-state index contributed by atoms with van der Waals surface area (Å²) in [7, 11) is 1.61. The predicted molar refractivity (Wildman–Crippen MR) is 99.3 cm³/mol. The van der Waals surface area contributed by atoms with Gasteiger partial charge in [0, 0.05) is 10.6 Å². The SMILES string of the molecule is CCOC(=O)c1cccc(NC(=O)[C@H](C)Sc2ccc(OC)cc2)c1. The van der Waals surface area contributed by atoms with Gasteiger partial charge in [-0.15, -0.1) is 11.8 Å². The van der Waals surface area contributed by atoms with Gasteiger partial charge >= 0.3 is 5.97 Å².